The Labute approximate surface area is 134 Å². The third-order valence-electron chi connectivity index (χ3n) is 2.99. The molecule has 21 heavy (non-hydrogen) atoms. The lowest BCUT2D eigenvalue weighted by Crippen LogP contribution is -2.07. The maximum absolute atomic E-state index is 8.46. The van der Waals surface area contributed by atoms with Crippen LogP contribution in [0.4, 0.5) is 5.69 Å². The van der Waals surface area contributed by atoms with E-state index in [2.05, 4.69) is 5.32 Å². The summed E-state index contributed by atoms with van der Waals surface area (Å²) in [6.07, 6.45) is 0. The van der Waals surface area contributed by atoms with Gasteiger partial charge in [-0.05, 0) is 42.8 Å². The molecule has 1 atom stereocenters. The summed E-state index contributed by atoms with van der Waals surface area (Å²) in [7, 11) is 0. The second-order valence-corrected chi connectivity index (χ2v) is 5.27. The first-order valence-corrected chi connectivity index (χ1v) is 7.17. The van der Waals surface area contributed by atoms with Gasteiger partial charge in [0.05, 0.1) is 16.1 Å². The summed E-state index contributed by atoms with van der Waals surface area (Å²) in [4.78, 5) is 0. The van der Waals surface area contributed by atoms with Crippen molar-refractivity contribution in [3.63, 3.8) is 0 Å². The second kappa shape index (κ2) is 7.21. The summed E-state index contributed by atoms with van der Waals surface area (Å²) in [5, 5.41) is 12.9. The molecule has 0 aliphatic rings. The molecule has 0 heterocycles. The van der Waals surface area contributed by atoms with Crippen molar-refractivity contribution in [2.24, 2.45) is 0 Å². The number of hydrogen-bond donors (Lipinski definition) is 1. The Balaban J connectivity index is 2.07. The maximum atomic E-state index is 8.46. The first kappa shape index (κ1) is 15.5. The van der Waals surface area contributed by atoms with E-state index in [-0.39, 0.29) is 12.6 Å². The molecule has 0 fully saturated rings. The monoisotopic (exact) mass is 320 g/mol. The number of nitrogens with zero attached hydrogens (tertiary/aromatic N) is 1. The van der Waals surface area contributed by atoms with E-state index in [1.807, 2.05) is 49.4 Å². The van der Waals surface area contributed by atoms with Crippen LogP contribution in [0.5, 0.6) is 5.75 Å². The van der Waals surface area contributed by atoms with Gasteiger partial charge in [0.15, 0.2) is 6.61 Å². The number of hydrogen-bond acceptors (Lipinski definition) is 3. The second-order valence-electron chi connectivity index (χ2n) is 4.48. The van der Waals surface area contributed by atoms with E-state index in [1.165, 1.54) is 0 Å². The number of nitrogens with one attached hydrogen (secondary N) is 1. The maximum Gasteiger partial charge on any atom is 0.174 e. The van der Waals surface area contributed by atoms with E-state index in [0.717, 1.165) is 11.3 Å². The van der Waals surface area contributed by atoms with Gasteiger partial charge >= 0.3 is 0 Å². The molecule has 3 nitrogen and oxygen atoms in total. The molecule has 2 aromatic rings. The van der Waals surface area contributed by atoms with Gasteiger partial charge in [-0.2, -0.15) is 5.26 Å². The minimum Gasteiger partial charge on any atom is -0.479 e. The molecule has 0 amide bonds. The van der Waals surface area contributed by atoms with Crippen molar-refractivity contribution in [1.29, 1.82) is 5.26 Å². The van der Waals surface area contributed by atoms with E-state index in [1.54, 1.807) is 6.07 Å². The summed E-state index contributed by atoms with van der Waals surface area (Å²) in [6, 6.07) is 14.9. The zero-order valence-electron chi connectivity index (χ0n) is 11.4. The Morgan fingerprint density at radius 1 is 1.19 bits per heavy atom. The zero-order chi connectivity index (χ0) is 15.2. The van der Waals surface area contributed by atoms with Gasteiger partial charge in [-0.25, -0.2) is 0 Å². The molecular weight excluding hydrogens is 307 g/mol. The van der Waals surface area contributed by atoms with Crippen LogP contribution in [0.1, 0.15) is 18.5 Å². The van der Waals surface area contributed by atoms with Crippen LogP contribution < -0.4 is 10.1 Å². The van der Waals surface area contributed by atoms with E-state index in [9.17, 15) is 0 Å². The standard InChI is InChI=1S/C16H14Cl2N2O/c1-11(14-3-2-4-15(17)16(14)18)20-12-5-7-13(8-6-12)21-10-9-19/h2-8,11,20H,10H2,1H3. The molecule has 2 rings (SSSR count). The quantitative estimate of drug-likeness (QED) is 0.836. The van der Waals surface area contributed by atoms with Crippen LogP contribution in [0.25, 0.3) is 0 Å². The fourth-order valence-electron chi connectivity index (χ4n) is 1.95. The lowest BCUT2D eigenvalue weighted by atomic mass is 10.1. The van der Waals surface area contributed by atoms with Gasteiger partial charge in [0.2, 0.25) is 0 Å². The fourth-order valence-corrected chi connectivity index (χ4v) is 2.42. The van der Waals surface area contributed by atoms with Crippen LogP contribution in [0.2, 0.25) is 10.0 Å². The average molecular weight is 321 g/mol. The van der Waals surface area contributed by atoms with Crippen molar-refractivity contribution >= 4 is 28.9 Å². The number of nitriles is 1. The van der Waals surface area contributed by atoms with Gasteiger partial charge in [-0.1, -0.05) is 35.3 Å². The SMILES string of the molecule is CC(Nc1ccc(OCC#N)cc1)c1cccc(Cl)c1Cl. The predicted molar refractivity (Wildman–Crippen MR) is 86.0 cm³/mol. The molecule has 5 heteroatoms. The molecule has 0 aliphatic heterocycles. The van der Waals surface area contributed by atoms with Gasteiger partial charge < -0.3 is 10.1 Å². The topological polar surface area (TPSA) is 45.0 Å². The first-order chi connectivity index (χ1) is 10.1. The normalized spacial score (nSPS) is 11.5. The van der Waals surface area contributed by atoms with E-state index >= 15 is 0 Å². The Hall–Kier alpha value is -1.89. The number of benzene rings is 2. The summed E-state index contributed by atoms with van der Waals surface area (Å²) in [5.41, 5.74) is 1.87. The Bertz CT molecular complexity index is 650. The van der Waals surface area contributed by atoms with Crippen LogP contribution in [0.15, 0.2) is 42.5 Å². The van der Waals surface area contributed by atoms with Crippen molar-refractivity contribution in [3.8, 4) is 11.8 Å². The molecular formula is C16H14Cl2N2O. The van der Waals surface area contributed by atoms with Crippen molar-refractivity contribution in [2.45, 2.75) is 13.0 Å². The van der Waals surface area contributed by atoms with Crippen molar-refractivity contribution < 1.29 is 4.74 Å². The van der Waals surface area contributed by atoms with Crippen LogP contribution in [-0.2, 0) is 0 Å². The highest BCUT2D eigenvalue weighted by Gasteiger charge is 2.11. The van der Waals surface area contributed by atoms with Gasteiger partial charge in [0, 0.05) is 5.69 Å². The first-order valence-electron chi connectivity index (χ1n) is 6.42. The molecule has 0 saturated carbocycles. The largest absolute Gasteiger partial charge is 0.479 e. The fraction of sp³-hybridized carbons (Fsp3) is 0.188. The summed E-state index contributed by atoms with van der Waals surface area (Å²) in [6.45, 7) is 2.05. The third-order valence-corrected chi connectivity index (χ3v) is 3.82. The lowest BCUT2D eigenvalue weighted by molar-refractivity contribution is 0.368. The highest BCUT2D eigenvalue weighted by atomic mass is 35.5. The highest BCUT2D eigenvalue weighted by Crippen LogP contribution is 2.31. The predicted octanol–water partition coefficient (Wildman–Crippen LogP) is 5.07. The smallest absolute Gasteiger partial charge is 0.174 e. The number of ether oxygens (including phenoxy) is 1. The van der Waals surface area contributed by atoms with Crippen molar-refractivity contribution in [1.82, 2.24) is 0 Å². The molecule has 0 bridgehead atoms. The van der Waals surface area contributed by atoms with Crippen LogP contribution >= 0.6 is 23.2 Å². The summed E-state index contributed by atoms with van der Waals surface area (Å²) in [5.74, 6) is 0.663. The van der Waals surface area contributed by atoms with E-state index < -0.39 is 0 Å². The Kier molecular flexibility index (Phi) is 5.32. The Morgan fingerprint density at radius 3 is 2.57 bits per heavy atom. The van der Waals surface area contributed by atoms with Crippen molar-refractivity contribution in [2.75, 3.05) is 11.9 Å². The number of halogens is 2. The molecule has 1 unspecified atom stereocenters. The van der Waals surface area contributed by atoms with Crippen LogP contribution in [-0.4, -0.2) is 6.61 Å². The molecule has 0 spiro atoms. The van der Waals surface area contributed by atoms with Crippen LogP contribution in [0.3, 0.4) is 0 Å². The minimum absolute atomic E-state index is 0.0158. The summed E-state index contributed by atoms with van der Waals surface area (Å²) < 4.78 is 5.21. The summed E-state index contributed by atoms with van der Waals surface area (Å²) >= 11 is 12.2. The van der Waals surface area contributed by atoms with Crippen LogP contribution in [0, 0.1) is 11.3 Å². The number of rotatable bonds is 5. The van der Waals surface area contributed by atoms with Gasteiger partial charge in [0.1, 0.15) is 11.8 Å². The van der Waals surface area contributed by atoms with Crippen molar-refractivity contribution in [3.05, 3.63) is 58.1 Å². The molecule has 0 radical (unpaired) electrons. The van der Waals surface area contributed by atoms with Gasteiger partial charge in [-0.3, -0.25) is 0 Å². The Morgan fingerprint density at radius 2 is 1.90 bits per heavy atom. The molecule has 1 N–H and O–H groups in total. The van der Waals surface area contributed by atoms with Gasteiger partial charge in [0.25, 0.3) is 0 Å². The van der Waals surface area contributed by atoms with E-state index in [4.69, 9.17) is 33.2 Å². The molecule has 0 saturated heterocycles. The minimum atomic E-state index is 0.0158. The molecule has 2 aromatic carbocycles. The lowest BCUT2D eigenvalue weighted by Gasteiger charge is -2.17. The molecule has 108 valence electrons. The number of anilines is 1. The average Bonchev–Trinajstić information content (AvgIpc) is 2.49. The molecule has 0 aromatic heterocycles. The third kappa shape index (κ3) is 4.04. The molecule has 0 aliphatic carbocycles. The zero-order valence-corrected chi connectivity index (χ0v) is 12.9. The highest BCUT2D eigenvalue weighted by molar-refractivity contribution is 6.42. The van der Waals surface area contributed by atoms with E-state index in [0.29, 0.717) is 15.8 Å². The van der Waals surface area contributed by atoms with Gasteiger partial charge in [-0.15, -0.1) is 0 Å².